The van der Waals surface area contributed by atoms with Gasteiger partial charge in [0.2, 0.25) is 11.8 Å². The van der Waals surface area contributed by atoms with Crippen LogP contribution in [-0.2, 0) is 29.0 Å². The highest BCUT2D eigenvalue weighted by molar-refractivity contribution is 5.89. The number of hydrogen-bond donors (Lipinski definition) is 4. The summed E-state index contributed by atoms with van der Waals surface area (Å²) in [7, 11) is 0. The number of nitrogens with two attached hydrogens (primary N) is 1. The second-order valence-corrected chi connectivity index (χ2v) is 9.69. The fourth-order valence-corrected chi connectivity index (χ4v) is 4.25. The van der Waals surface area contributed by atoms with E-state index in [0.29, 0.717) is 18.8 Å². The third-order valence-electron chi connectivity index (χ3n) is 6.46. The van der Waals surface area contributed by atoms with Gasteiger partial charge in [0.15, 0.2) is 0 Å². The molecule has 2 atom stereocenters. The summed E-state index contributed by atoms with van der Waals surface area (Å²) in [6, 6.07) is 21.6. The summed E-state index contributed by atoms with van der Waals surface area (Å²) in [5, 5.41) is 8.30. The van der Waals surface area contributed by atoms with E-state index in [0.717, 1.165) is 35.1 Å². The Hall–Kier alpha value is -4.17. The molecule has 0 radical (unpaired) electrons. The zero-order valence-electron chi connectivity index (χ0n) is 22.8. The first-order chi connectivity index (χ1) is 18.7. The van der Waals surface area contributed by atoms with Crippen molar-refractivity contribution in [1.29, 1.82) is 0 Å². The van der Waals surface area contributed by atoms with Gasteiger partial charge in [0.25, 0.3) is 0 Å². The van der Waals surface area contributed by atoms with Crippen LogP contribution in [-0.4, -0.2) is 36.5 Å². The van der Waals surface area contributed by atoms with Crippen molar-refractivity contribution in [3.63, 3.8) is 0 Å². The van der Waals surface area contributed by atoms with Gasteiger partial charge < -0.3 is 26.4 Å². The van der Waals surface area contributed by atoms with Gasteiger partial charge in [-0.3, -0.25) is 9.59 Å². The fourth-order valence-electron chi connectivity index (χ4n) is 4.25. The van der Waals surface area contributed by atoms with Crippen LogP contribution in [0.5, 0.6) is 5.75 Å². The van der Waals surface area contributed by atoms with E-state index in [2.05, 4.69) is 28.1 Å². The molecule has 0 spiro atoms. The van der Waals surface area contributed by atoms with E-state index >= 15 is 0 Å². The first-order valence-electron chi connectivity index (χ1n) is 13.2. The predicted octanol–water partition coefficient (Wildman–Crippen LogP) is 3.72. The standard InChI is InChI=1S/C31H38N4O4/c1-21-17-26(39-31(38)34-20-25-13-8-5-9-14-25)18-22(2)27(21)19-28(32)30(37)35-23(3)29(36)33-16-10-15-24-11-6-4-7-12-24/h4-9,11-14,17-18,23,28H,10,15-16,19-20,32H2,1-3H3,(H,33,36)(H,34,38)(H,35,37)/t23-,28+/m1/s1. The second-order valence-electron chi connectivity index (χ2n) is 9.69. The monoisotopic (exact) mass is 530 g/mol. The van der Waals surface area contributed by atoms with E-state index < -0.39 is 24.1 Å². The number of hydrogen-bond acceptors (Lipinski definition) is 5. The number of amides is 3. The number of benzene rings is 3. The molecule has 0 fully saturated rings. The molecule has 0 heterocycles. The summed E-state index contributed by atoms with van der Waals surface area (Å²) < 4.78 is 5.44. The van der Waals surface area contributed by atoms with Crippen molar-refractivity contribution in [3.8, 4) is 5.75 Å². The van der Waals surface area contributed by atoms with Gasteiger partial charge in [0.05, 0.1) is 6.04 Å². The maximum Gasteiger partial charge on any atom is 0.412 e. The number of rotatable bonds is 12. The molecule has 0 saturated heterocycles. The maximum atomic E-state index is 12.7. The highest BCUT2D eigenvalue weighted by Crippen LogP contribution is 2.23. The third-order valence-corrected chi connectivity index (χ3v) is 6.46. The van der Waals surface area contributed by atoms with Crippen LogP contribution >= 0.6 is 0 Å². The van der Waals surface area contributed by atoms with Crippen molar-refractivity contribution < 1.29 is 19.1 Å². The van der Waals surface area contributed by atoms with E-state index in [1.807, 2.05) is 62.4 Å². The zero-order chi connectivity index (χ0) is 28.2. The molecule has 39 heavy (non-hydrogen) atoms. The number of ether oxygens (including phenoxy) is 1. The average molecular weight is 531 g/mol. The molecule has 8 heteroatoms. The van der Waals surface area contributed by atoms with Crippen molar-refractivity contribution in [2.45, 2.75) is 58.7 Å². The van der Waals surface area contributed by atoms with E-state index in [9.17, 15) is 14.4 Å². The Balaban J connectivity index is 1.45. The van der Waals surface area contributed by atoms with Gasteiger partial charge in [0.1, 0.15) is 11.8 Å². The predicted molar refractivity (Wildman–Crippen MR) is 152 cm³/mol. The molecular formula is C31H38N4O4. The molecule has 0 saturated carbocycles. The third kappa shape index (κ3) is 9.57. The van der Waals surface area contributed by atoms with E-state index in [-0.39, 0.29) is 12.3 Å². The molecule has 5 N–H and O–H groups in total. The quantitative estimate of drug-likeness (QED) is 0.266. The fraction of sp³-hybridized carbons (Fsp3) is 0.323. The second kappa shape index (κ2) is 14.7. The molecular weight excluding hydrogens is 492 g/mol. The lowest BCUT2D eigenvalue weighted by molar-refractivity contribution is -0.129. The normalized spacial score (nSPS) is 12.2. The van der Waals surface area contributed by atoms with Crippen molar-refractivity contribution in [1.82, 2.24) is 16.0 Å². The molecule has 0 bridgehead atoms. The van der Waals surface area contributed by atoms with Crippen LogP contribution < -0.4 is 26.4 Å². The number of carbonyl (C=O) groups is 3. The van der Waals surface area contributed by atoms with Gasteiger partial charge in [-0.05, 0) is 80.0 Å². The molecule has 0 unspecified atom stereocenters. The Kier molecular flexibility index (Phi) is 11.1. The largest absolute Gasteiger partial charge is 0.412 e. The lowest BCUT2D eigenvalue weighted by Crippen LogP contribution is -2.51. The van der Waals surface area contributed by atoms with Crippen molar-refractivity contribution in [2.24, 2.45) is 5.73 Å². The highest BCUT2D eigenvalue weighted by Gasteiger charge is 2.22. The van der Waals surface area contributed by atoms with Gasteiger partial charge >= 0.3 is 6.09 Å². The maximum absolute atomic E-state index is 12.7. The molecule has 0 aliphatic carbocycles. The SMILES string of the molecule is Cc1cc(OC(=O)NCc2ccccc2)cc(C)c1C[C@H](N)C(=O)N[C@H](C)C(=O)NCCCc1ccccc1. The van der Waals surface area contributed by atoms with Gasteiger partial charge in [-0.25, -0.2) is 4.79 Å². The molecule has 206 valence electrons. The van der Waals surface area contributed by atoms with E-state index in [4.69, 9.17) is 10.5 Å². The van der Waals surface area contributed by atoms with Crippen LogP contribution in [0.4, 0.5) is 4.79 Å². The number of aryl methyl sites for hydroxylation is 3. The lowest BCUT2D eigenvalue weighted by Gasteiger charge is -2.19. The molecule has 0 aromatic heterocycles. The molecule has 3 rings (SSSR count). The van der Waals surface area contributed by atoms with Gasteiger partial charge in [-0.1, -0.05) is 60.7 Å². The molecule has 3 amide bonds. The Morgan fingerprint density at radius 1 is 0.846 bits per heavy atom. The van der Waals surface area contributed by atoms with Crippen LogP contribution in [0.25, 0.3) is 0 Å². The zero-order valence-corrected chi connectivity index (χ0v) is 22.8. The van der Waals surface area contributed by atoms with Crippen LogP contribution in [0.1, 0.15) is 41.2 Å². The minimum atomic E-state index is -0.836. The first-order valence-corrected chi connectivity index (χ1v) is 13.2. The number of carbonyl (C=O) groups excluding carboxylic acids is 3. The minimum absolute atomic E-state index is 0.247. The first kappa shape index (κ1) is 29.4. The van der Waals surface area contributed by atoms with Crippen LogP contribution in [0.2, 0.25) is 0 Å². The Bertz CT molecular complexity index is 1220. The van der Waals surface area contributed by atoms with E-state index in [1.54, 1.807) is 19.1 Å². The van der Waals surface area contributed by atoms with Crippen molar-refractivity contribution in [3.05, 3.63) is 101 Å². The molecule has 3 aromatic carbocycles. The summed E-state index contributed by atoms with van der Waals surface area (Å²) >= 11 is 0. The van der Waals surface area contributed by atoms with Crippen LogP contribution in [0.15, 0.2) is 72.8 Å². The topological polar surface area (TPSA) is 123 Å². The summed E-state index contributed by atoms with van der Waals surface area (Å²) in [6.45, 7) is 6.30. The van der Waals surface area contributed by atoms with E-state index in [1.165, 1.54) is 5.56 Å². The van der Waals surface area contributed by atoms with Crippen molar-refractivity contribution >= 4 is 17.9 Å². The lowest BCUT2D eigenvalue weighted by atomic mass is 9.96. The van der Waals surface area contributed by atoms with Gasteiger partial charge in [-0.15, -0.1) is 0 Å². The summed E-state index contributed by atoms with van der Waals surface area (Å²) in [5.41, 5.74) is 11.0. The van der Waals surface area contributed by atoms with Gasteiger partial charge in [-0.2, -0.15) is 0 Å². The Labute approximate surface area is 230 Å². The summed E-state index contributed by atoms with van der Waals surface area (Å²) in [5.74, 6) is -0.237. The summed E-state index contributed by atoms with van der Waals surface area (Å²) in [4.78, 5) is 37.4. The van der Waals surface area contributed by atoms with Crippen molar-refractivity contribution in [2.75, 3.05) is 6.54 Å². The number of nitrogens with one attached hydrogen (secondary N) is 3. The summed E-state index contributed by atoms with van der Waals surface area (Å²) in [6.07, 6.45) is 1.42. The van der Waals surface area contributed by atoms with Crippen LogP contribution in [0.3, 0.4) is 0 Å². The Morgan fingerprint density at radius 2 is 1.44 bits per heavy atom. The smallest absolute Gasteiger partial charge is 0.410 e. The molecule has 3 aromatic rings. The molecule has 8 nitrogen and oxygen atoms in total. The average Bonchev–Trinajstić information content (AvgIpc) is 2.92. The van der Waals surface area contributed by atoms with Crippen LogP contribution in [0, 0.1) is 13.8 Å². The highest BCUT2D eigenvalue weighted by atomic mass is 16.6. The molecule has 0 aliphatic heterocycles. The minimum Gasteiger partial charge on any atom is -0.410 e. The van der Waals surface area contributed by atoms with Gasteiger partial charge in [0, 0.05) is 13.1 Å². The Morgan fingerprint density at radius 3 is 2.05 bits per heavy atom. The molecule has 0 aliphatic rings.